The summed E-state index contributed by atoms with van der Waals surface area (Å²) in [5, 5.41) is 0. The number of hydrogen-bond donors (Lipinski definition) is 1. The van der Waals surface area contributed by atoms with Crippen molar-refractivity contribution in [3.8, 4) is 0 Å². The van der Waals surface area contributed by atoms with Crippen LogP contribution in [-0.2, 0) is 0 Å². The lowest BCUT2D eigenvalue weighted by molar-refractivity contribution is 1.54. The molecule has 1 aromatic carbocycles. The number of anilines is 1. The highest BCUT2D eigenvalue weighted by Gasteiger charge is 2.00. The Kier molecular flexibility index (Phi) is 3.23. The van der Waals surface area contributed by atoms with Crippen LogP contribution in [0.5, 0.6) is 0 Å². The summed E-state index contributed by atoms with van der Waals surface area (Å²) in [7, 11) is 0. The molecule has 0 aromatic heterocycles. The van der Waals surface area contributed by atoms with E-state index in [-0.39, 0.29) is 0 Å². The molecule has 0 aliphatic rings. The van der Waals surface area contributed by atoms with Crippen LogP contribution in [0.25, 0.3) is 0 Å². The van der Waals surface area contributed by atoms with Gasteiger partial charge in [0.2, 0.25) is 0 Å². The molecule has 0 fully saturated rings. The van der Waals surface area contributed by atoms with Crippen LogP contribution in [0.2, 0.25) is 0 Å². The number of halogens is 3. The molecule has 0 bridgehead atoms. The fraction of sp³-hybridized carbons (Fsp3) is 0. The average Bonchev–Trinajstić information content (AvgIpc) is 1.82. The van der Waals surface area contributed by atoms with Gasteiger partial charge in [0.15, 0.2) is 0 Å². The largest absolute Gasteiger partial charge is 0.397 e. The van der Waals surface area contributed by atoms with Crippen molar-refractivity contribution >= 4 is 66.8 Å². The highest BCUT2D eigenvalue weighted by atomic mass is 127. The summed E-state index contributed by atoms with van der Waals surface area (Å²) in [5.74, 6) is 0. The highest BCUT2D eigenvalue weighted by molar-refractivity contribution is 14.1. The molecule has 0 unspecified atom stereocenters. The van der Waals surface area contributed by atoms with E-state index in [1.807, 2.05) is 12.1 Å². The van der Waals surface area contributed by atoms with Gasteiger partial charge < -0.3 is 5.73 Å². The van der Waals surface area contributed by atoms with Crippen LogP contribution >= 0.6 is 61.1 Å². The number of benzene rings is 1. The molecule has 0 saturated carbocycles. The molecule has 0 aliphatic heterocycles. The molecule has 0 heterocycles. The minimum absolute atomic E-state index is 0.820. The van der Waals surface area contributed by atoms with E-state index in [1.165, 1.54) is 3.57 Å². The maximum Gasteiger partial charge on any atom is 0.0594 e. The monoisotopic (exact) mass is 423 g/mol. The van der Waals surface area contributed by atoms with Gasteiger partial charge in [0.25, 0.3) is 0 Å². The summed E-state index contributed by atoms with van der Waals surface area (Å²) in [6.07, 6.45) is 0. The molecule has 0 aliphatic carbocycles. The lowest BCUT2D eigenvalue weighted by atomic mass is 10.3. The Bertz CT molecular complexity index is 239. The van der Waals surface area contributed by atoms with Crippen LogP contribution < -0.4 is 5.73 Å². The molecule has 0 saturated heterocycles. The van der Waals surface area contributed by atoms with E-state index in [1.54, 1.807) is 0 Å². The van der Waals surface area contributed by atoms with Gasteiger partial charge in [0, 0.05) is 11.6 Å². The van der Waals surface area contributed by atoms with Gasteiger partial charge in [-0.1, -0.05) is 0 Å². The second-order valence-electron chi connectivity index (χ2n) is 1.78. The zero-order chi connectivity index (χ0) is 7.72. The van der Waals surface area contributed by atoms with Crippen molar-refractivity contribution in [3.63, 3.8) is 0 Å². The minimum Gasteiger partial charge on any atom is -0.397 e. The summed E-state index contributed by atoms with van der Waals surface area (Å²) < 4.78 is 3.27. The Hall–Kier alpha value is 0.960. The molecule has 1 rings (SSSR count). The Morgan fingerprint density at radius 3 is 2.40 bits per heavy atom. The third-order valence-corrected chi connectivity index (χ3v) is 3.22. The lowest BCUT2D eigenvalue weighted by Crippen LogP contribution is -1.91. The standard InChI is InChI=1S/C6H4BrI2N/c7-4-1-3(8)2-5(9)6(4)10/h1-2H,10H2. The van der Waals surface area contributed by atoms with E-state index >= 15 is 0 Å². The first-order valence-electron chi connectivity index (χ1n) is 2.51. The SMILES string of the molecule is Nc1c(Br)cc(I)cc1I. The number of nitrogens with two attached hydrogens (primary N) is 1. The predicted octanol–water partition coefficient (Wildman–Crippen LogP) is 3.24. The van der Waals surface area contributed by atoms with Gasteiger partial charge in [0.05, 0.1) is 5.69 Å². The molecule has 10 heavy (non-hydrogen) atoms. The van der Waals surface area contributed by atoms with Crippen molar-refractivity contribution in [2.75, 3.05) is 5.73 Å². The topological polar surface area (TPSA) is 26.0 Å². The van der Waals surface area contributed by atoms with E-state index in [2.05, 4.69) is 61.1 Å². The van der Waals surface area contributed by atoms with E-state index in [0.717, 1.165) is 13.7 Å². The van der Waals surface area contributed by atoms with Crippen molar-refractivity contribution in [2.45, 2.75) is 0 Å². The maximum absolute atomic E-state index is 5.69. The van der Waals surface area contributed by atoms with Crippen molar-refractivity contribution in [3.05, 3.63) is 23.7 Å². The van der Waals surface area contributed by atoms with Gasteiger partial charge in [0.1, 0.15) is 0 Å². The first kappa shape index (κ1) is 9.05. The van der Waals surface area contributed by atoms with E-state index in [0.29, 0.717) is 0 Å². The van der Waals surface area contributed by atoms with E-state index in [4.69, 9.17) is 5.73 Å². The Balaban J connectivity index is 3.31. The third-order valence-electron chi connectivity index (χ3n) is 1.04. The number of hydrogen-bond acceptors (Lipinski definition) is 1. The second-order valence-corrected chi connectivity index (χ2v) is 5.05. The fourth-order valence-corrected chi connectivity index (χ4v) is 3.66. The number of nitrogen functional groups attached to an aromatic ring is 1. The second kappa shape index (κ2) is 3.57. The van der Waals surface area contributed by atoms with Crippen LogP contribution in [0, 0.1) is 7.14 Å². The molecule has 0 radical (unpaired) electrons. The molecule has 0 atom stereocenters. The van der Waals surface area contributed by atoms with Crippen molar-refractivity contribution in [2.24, 2.45) is 0 Å². The van der Waals surface area contributed by atoms with Gasteiger partial charge in [-0.2, -0.15) is 0 Å². The van der Waals surface area contributed by atoms with Crippen LogP contribution in [0.15, 0.2) is 16.6 Å². The molecule has 4 heteroatoms. The number of rotatable bonds is 0. The summed E-state index contributed by atoms with van der Waals surface area (Å²) in [6, 6.07) is 4.04. The normalized spacial score (nSPS) is 9.90. The van der Waals surface area contributed by atoms with Gasteiger partial charge in [-0.25, -0.2) is 0 Å². The molecule has 0 amide bonds. The molecule has 1 nitrogen and oxygen atoms in total. The maximum atomic E-state index is 5.69. The Morgan fingerprint density at radius 2 is 1.90 bits per heavy atom. The van der Waals surface area contributed by atoms with Crippen LogP contribution in [-0.4, -0.2) is 0 Å². The first-order chi connectivity index (χ1) is 4.61. The zero-order valence-corrected chi connectivity index (χ0v) is 10.8. The highest BCUT2D eigenvalue weighted by Crippen LogP contribution is 2.26. The Morgan fingerprint density at radius 1 is 1.30 bits per heavy atom. The van der Waals surface area contributed by atoms with E-state index < -0.39 is 0 Å². The smallest absolute Gasteiger partial charge is 0.0594 e. The van der Waals surface area contributed by atoms with Gasteiger partial charge in [-0.3, -0.25) is 0 Å². The lowest BCUT2D eigenvalue weighted by Gasteiger charge is -2.00. The van der Waals surface area contributed by atoms with Crippen LogP contribution in [0.4, 0.5) is 5.69 Å². The minimum atomic E-state index is 0.820. The van der Waals surface area contributed by atoms with Crippen LogP contribution in [0.1, 0.15) is 0 Å². The van der Waals surface area contributed by atoms with Gasteiger partial charge in [-0.15, -0.1) is 0 Å². The van der Waals surface area contributed by atoms with Crippen molar-refractivity contribution < 1.29 is 0 Å². The van der Waals surface area contributed by atoms with E-state index in [9.17, 15) is 0 Å². The summed E-state index contributed by atoms with van der Waals surface area (Å²) in [6.45, 7) is 0. The van der Waals surface area contributed by atoms with Crippen LogP contribution in [0.3, 0.4) is 0 Å². The average molecular weight is 424 g/mol. The quantitative estimate of drug-likeness (QED) is 0.503. The Labute approximate surface area is 95.2 Å². The molecule has 54 valence electrons. The molecular weight excluding hydrogens is 420 g/mol. The molecule has 2 N–H and O–H groups in total. The molecular formula is C6H4BrI2N. The summed E-state index contributed by atoms with van der Waals surface area (Å²) >= 11 is 7.84. The van der Waals surface area contributed by atoms with Crippen molar-refractivity contribution in [1.82, 2.24) is 0 Å². The summed E-state index contributed by atoms with van der Waals surface area (Å²) in [4.78, 5) is 0. The fourth-order valence-electron chi connectivity index (χ4n) is 0.553. The van der Waals surface area contributed by atoms with Crippen molar-refractivity contribution in [1.29, 1.82) is 0 Å². The first-order valence-corrected chi connectivity index (χ1v) is 5.46. The van der Waals surface area contributed by atoms with Gasteiger partial charge in [-0.05, 0) is 73.2 Å². The molecule has 1 aromatic rings. The predicted molar refractivity (Wildman–Crippen MR) is 64.0 cm³/mol. The molecule has 0 spiro atoms. The zero-order valence-electron chi connectivity index (χ0n) is 4.87. The summed E-state index contributed by atoms with van der Waals surface area (Å²) in [5.41, 5.74) is 6.51. The van der Waals surface area contributed by atoms with Gasteiger partial charge >= 0.3 is 0 Å². The third kappa shape index (κ3) is 1.97.